The lowest BCUT2D eigenvalue weighted by atomic mass is 10.1. The molecule has 148 valence electrons. The number of benzene rings is 2. The zero-order chi connectivity index (χ0) is 20.5. The number of aromatic nitrogens is 5. The van der Waals surface area contributed by atoms with E-state index in [0.717, 1.165) is 26.8 Å². The highest BCUT2D eigenvalue weighted by molar-refractivity contribution is 5.86. The van der Waals surface area contributed by atoms with Gasteiger partial charge >= 0.3 is 0 Å². The van der Waals surface area contributed by atoms with Crippen LogP contribution in [0, 0.1) is 0 Å². The van der Waals surface area contributed by atoms with Gasteiger partial charge in [0.25, 0.3) is 5.56 Å². The Morgan fingerprint density at radius 3 is 2.70 bits per heavy atom. The van der Waals surface area contributed by atoms with Crippen molar-refractivity contribution in [3.63, 3.8) is 0 Å². The predicted octanol–water partition coefficient (Wildman–Crippen LogP) is 2.77. The van der Waals surface area contributed by atoms with Crippen LogP contribution < -0.4 is 11.0 Å². The number of amides is 1. The number of nitrogens with one attached hydrogen (secondary N) is 2. The highest BCUT2D eigenvalue weighted by atomic mass is 16.2. The molecule has 8 heteroatoms. The Morgan fingerprint density at radius 2 is 1.83 bits per heavy atom. The number of aryl methyl sites for hydroxylation is 1. The van der Waals surface area contributed by atoms with Crippen molar-refractivity contribution in [3.8, 4) is 5.69 Å². The molecule has 3 aromatic heterocycles. The number of rotatable bonds is 5. The number of H-pyrrole nitrogens is 1. The zero-order valence-corrected chi connectivity index (χ0v) is 15.9. The average Bonchev–Trinajstić information content (AvgIpc) is 3.39. The molecule has 0 saturated carbocycles. The van der Waals surface area contributed by atoms with E-state index in [9.17, 15) is 9.59 Å². The van der Waals surface area contributed by atoms with E-state index in [4.69, 9.17) is 0 Å². The summed E-state index contributed by atoms with van der Waals surface area (Å²) in [4.78, 5) is 32.7. The molecule has 30 heavy (non-hydrogen) atoms. The molecule has 0 atom stereocenters. The lowest BCUT2D eigenvalue weighted by Crippen LogP contribution is -2.33. The Hall–Kier alpha value is -4.20. The van der Waals surface area contributed by atoms with Gasteiger partial charge < -0.3 is 4.98 Å². The molecular formula is C22H18N6O2. The number of para-hydroxylation sites is 2. The van der Waals surface area contributed by atoms with Crippen molar-refractivity contribution in [2.45, 2.75) is 12.8 Å². The quantitative estimate of drug-likeness (QED) is 0.476. The maximum Gasteiger partial charge on any atom is 0.283 e. The molecule has 3 heterocycles. The first-order valence-electron chi connectivity index (χ1n) is 9.56. The van der Waals surface area contributed by atoms with E-state index in [0.29, 0.717) is 17.5 Å². The minimum absolute atomic E-state index is 0.246. The number of hydrogen-bond donors (Lipinski definition) is 2. The van der Waals surface area contributed by atoms with Crippen molar-refractivity contribution < 1.29 is 4.79 Å². The molecule has 0 fully saturated rings. The highest BCUT2D eigenvalue weighted by Gasteiger charge is 2.13. The van der Waals surface area contributed by atoms with Gasteiger partial charge in [-0.25, -0.2) is 14.3 Å². The standard InChI is InChI=1S/C22H18N6O2/c29-20(11-10-15-12-23-19-9-5-4-8-17(15)19)26-27-14-24-21-18(22(27)30)13-25-28(21)16-6-2-1-3-7-16/h1-9,12-14,23H,10-11H2,(H,26,29). The summed E-state index contributed by atoms with van der Waals surface area (Å²) < 4.78 is 2.71. The van der Waals surface area contributed by atoms with Crippen LogP contribution in [0.15, 0.2) is 78.1 Å². The van der Waals surface area contributed by atoms with Gasteiger partial charge in [0.2, 0.25) is 5.91 Å². The second-order valence-electron chi connectivity index (χ2n) is 6.94. The van der Waals surface area contributed by atoms with Crippen LogP contribution in [0.2, 0.25) is 0 Å². The lowest BCUT2D eigenvalue weighted by molar-refractivity contribution is -0.117. The van der Waals surface area contributed by atoms with Crippen LogP contribution in [0.5, 0.6) is 0 Å². The first kappa shape index (κ1) is 17.9. The fraction of sp³-hybridized carbons (Fsp3) is 0.0909. The average molecular weight is 398 g/mol. The molecule has 2 aromatic carbocycles. The molecule has 5 aromatic rings. The first-order valence-corrected chi connectivity index (χ1v) is 9.56. The predicted molar refractivity (Wildman–Crippen MR) is 114 cm³/mol. The number of carbonyl (C=O) groups is 1. The van der Waals surface area contributed by atoms with Crippen LogP contribution in [0.1, 0.15) is 12.0 Å². The van der Waals surface area contributed by atoms with E-state index >= 15 is 0 Å². The van der Waals surface area contributed by atoms with Crippen molar-refractivity contribution in [1.82, 2.24) is 24.4 Å². The number of carbonyl (C=O) groups excluding carboxylic acids is 1. The lowest BCUT2D eigenvalue weighted by Gasteiger charge is -2.08. The minimum atomic E-state index is -0.373. The van der Waals surface area contributed by atoms with E-state index in [1.54, 1.807) is 4.68 Å². The molecule has 8 nitrogen and oxygen atoms in total. The van der Waals surface area contributed by atoms with Gasteiger partial charge in [-0.15, -0.1) is 0 Å². The smallest absolute Gasteiger partial charge is 0.283 e. The topological polar surface area (TPSA) is 97.6 Å². The van der Waals surface area contributed by atoms with Gasteiger partial charge in [-0.05, 0) is 30.2 Å². The summed E-state index contributed by atoms with van der Waals surface area (Å²) in [6, 6.07) is 17.4. The molecule has 0 unspecified atom stereocenters. The largest absolute Gasteiger partial charge is 0.361 e. The van der Waals surface area contributed by atoms with Crippen LogP contribution in [0.25, 0.3) is 27.6 Å². The molecule has 0 radical (unpaired) electrons. The Bertz CT molecular complexity index is 1410. The van der Waals surface area contributed by atoms with Crippen LogP contribution in [0.4, 0.5) is 0 Å². The maximum absolute atomic E-state index is 12.8. The summed E-state index contributed by atoms with van der Waals surface area (Å²) in [6.07, 6.45) is 5.50. The zero-order valence-electron chi connectivity index (χ0n) is 15.9. The Balaban J connectivity index is 1.34. The second-order valence-corrected chi connectivity index (χ2v) is 6.94. The van der Waals surface area contributed by atoms with Crippen molar-refractivity contribution >= 4 is 27.8 Å². The van der Waals surface area contributed by atoms with Crippen LogP contribution in [-0.2, 0) is 11.2 Å². The Kier molecular flexibility index (Phi) is 4.36. The summed E-state index contributed by atoms with van der Waals surface area (Å²) >= 11 is 0. The summed E-state index contributed by atoms with van der Waals surface area (Å²) in [7, 11) is 0. The van der Waals surface area contributed by atoms with E-state index in [1.165, 1.54) is 12.5 Å². The fourth-order valence-electron chi connectivity index (χ4n) is 3.53. The molecule has 2 N–H and O–H groups in total. The van der Waals surface area contributed by atoms with Crippen molar-refractivity contribution in [2.24, 2.45) is 0 Å². The SMILES string of the molecule is O=C(CCc1c[nH]c2ccccc12)Nn1cnc2c(cnn2-c2ccccc2)c1=O. The van der Waals surface area contributed by atoms with Gasteiger partial charge in [0.15, 0.2) is 5.65 Å². The van der Waals surface area contributed by atoms with Crippen molar-refractivity contribution in [2.75, 3.05) is 5.43 Å². The summed E-state index contributed by atoms with van der Waals surface area (Å²) in [6.45, 7) is 0. The molecule has 0 bridgehead atoms. The summed E-state index contributed by atoms with van der Waals surface area (Å²) in [5, 5.41) is 5.70. The third-order valence-corrected chi connectivity index (χ3v) is 5.03. The molecule has 1 amide bonds. The van der Waals surface area contributed by atoms with E-state index in [1.807, 2.05) is 60.8 Å². The number of aromatic amines is 1. The normalized spacial score (nSPS) is 11.2. The van der Waals surface area contributed by atoms with Crippen molar-refractivity contribution in [1.29, 1.82) is 0 Å². The second kappa shape index (κ2) is 7.32. The van der Waals surface area contributed by atoms with Crippen LogP contribution in [0.3, 0.4) is 0 Å². The van der Waals surface area contributed by atoms with Gasteiger partial charge in [-0.1, -0.05) is 36.4 Å². The van der Waals surface area contributed by atoms with E-state index in [-0.39, 0.29) is 17.9 Å². The fourth-order valence-corrected chi connectivity index (χ4v) is 3.53. The number of fused-ring (bicyclic) bond motifs is 2. The number of nitrogens with zero attached hydrogens (tertiary/aromatic N) is 4. The monoisotopic (exact) mass is 398 g/mol. The van der Waals surface area contributed by atoms with E-state index in [2.05, 4.69) is 20.5 Å². The number of hydrogen-bond acceptors (Lipinski definition) is 4. The van der Waals surface area contributed by atoms with Gasteiger partial charge in [0.1, 0.15) is 11.7 Å². The molecular weight excluding hydrogens is 380 g/mol. The highest BCUT2D eigenvalue weighted by Crippen LogP contribution is 2.19. The first-order chi connectivity index (χ1) is 14.7. The Morgan fingerprint density at radius 1 is 1.03 bits per heavy atom. The summed E-state index contributed by atoms with van der Waals surface area (Å²) in [5.41, 5.74) is 5.59. The van der Waals surface area contributed by atoms with Crippen LogP contribution in [-0.4, -0.2) is 30.3 Å². The van der Waals surface area contributed by atoms with Gasteiger partial charge in [0, 0.05) is 23.5 Å². The third kappa shape index (κ3) is 3.14. The summed E-state index contributed by atoms with van der Waals surface area (Å²) in [5.74, 6) is -0.265. The Labute approximate surface area is 170 Å². The van der Waals surface area contributed by atoms with Gasteiger partial charge in [-0.3, -0.25) is 15.0 Å². The minimum Gasteiger partial charge on any atom is -0.361 e. The molecule has 5 rings (SSSR count). The molecule has 0 spiro atoms. The van der Waals surface area contributed by atoms with Gasteiger partial charge in [-0.2, -0.15) is 5.10 Å². The third-order valence-electron chi connectivity index (χ3n) is 5.03. The van der Waals surface area contributed by atoms with Crippen LogP contribution >= 0.6 is 0 Å². The van der Waals surface area contributed by atoms with Gasteiger partial charge in [0.05, 0.1) is 11.9 Å². The van der Waals surface area contributed by atoms with Crippen molar-refractivity contribution in [3.05, 3.63) is 89.2 Å². The molecule has 0 aliphatic rings. The maximum atomic E-state index is 12.8. The molecule has 0 aliphatic carbocycles. The molecule has 0 saturated heterocycles. The molecule has 0 aliphatic heterocycles. The van der Waals surface area contributed by atoms with E-state index < -0.39 is 0 Å².